The van der Waals surface area contributed by atoms with Crippen molar-refractivity contribution in [1.82, 2.24) is 0 Å². The zero-order valence-electron chi connectivity index (χ0n) is 7.10. The lowest BCUT2D eigenvalue weighted by molar-refractivity contribution is -0.131. The molecule has 0 aliphatic heterocycles. The number of para-hydroxylation sites is 1. The predicted molar refractivity (Wildman–Crippen MR) is 47.6 cm³/mol. The maximum absolute atomic E-state index is 10.6. The monoisotopic (exact) mass is 180 g/mol. The third kappa shape index (κ3) is 2.57. The molecule has 0 radical (unpaired) electrons. The van der Waals surface area contributed by atoms with Crippen LogP contribution in [0.3, 0.4) is 0 Å². The summed E-state index contributed by atoms with van der Waals surface area (Å²) in [6, 6.07) is 6.24. The largest absolute Gasteiger partial charge is 0.492 e. The maximum atomic E-state index is 10.6. The highest BCUT2D eigenvalue weighted by atomic mass is 16.5. The van der Waals surface area contributed by atoms with E-state index in [2.05, 4.69) is 0 Å². The lowest BCUT2D eigenvalue weighted by Gasteiger charge is -2.06. The Balaban J connectivity index is 2.97. The molecule has 0 spiro atoms. The van der Waals surface area contributed by atoms with Crippen LogP contribution < -0.4 is 10.2 Å². The second-order valence-corrected chi connectivity index (χ2v) is 2.51. The molecule has 0 heterocycles. The third-order valence-corrected chi connectivity index (χ3v) is 1.45. The molecule has 0 aliphatic rings. The third-order valence-electron chi connectivity index (χ3n) is 1.45. The van der Waals surface area contributed by atoms with Gasteiger partial charge in [0.2, 0.25) is 0 Å². The summed E-state index contributed by atoms with van der Waals surface area (Å²) in [6.07, 6.45) is 0. The SMILES string of the molecule is CC(=O)Oc1ccccc1B(O)O. The molecule has 0 saturated heterocycles. The molecule has 0 aromatic heterocycles. The van der Waals surface area contributed by atoms with Crippen molar-refractivity contribution in [2.24, 2.45) is 0 Å². The molecular weight excluding hydrogens is 171 g/mol. The molecule has 0 bridgehead atoms. The van der Waals surface area contributed by atoms with E-state index in [0.29, 0.717) is 0 Å². The van der Waals surface area contributed by atoms with Gasteiger partial charge in [-0.05, 0) is 6.07 Å². The van der Waals surface area contributed by atoms with Gasteiger partial charge < -0.3 is 14.8 Å². The van der Waals surface area contributed by atoms with E-state index in [1.165, 1.54) is 19.1 Å². The van der Waals surface area contributed by atoms with Crippen molar-refractivity contribution in [3.05, 3.63) is 24.3 Å². The van der Waals surface area contributed by atoms with Crippen LogP contribution in [-0.4, -0.2) is 23.1 Å². The molecule has 13 heavy (non-hydrogen) atoms. The van der Waals surface area contributed by atoms with Crippen LogP contribution in [0.1, 0.15) is 6.92 Å². The molecule has 0 fully saturated rings. The van der Waals surface area contributed by atoms with E-state index in [9.17, 15) is 4.79 Å². The summed E-state index contributed by atoms with van der Waals surface area (Å²) in [7, 11) is -1.63. The molecule has 1 rings (SSSR count). The highest BCUT2D eigenvalue weighted by Gasteiger charge is 2.16. The molecule has 4 nitrogen and oxygen atoms in total. The highest BCUT2D eigenvalue weighted by Crippen LogP contribution is 2.06. The fraction of sp³-hybridized carbons (Fsp3) is 0.125. The Kier molecular flexibility index (Phi) is 3.05. The molecule has 5 heteroatoms. The number of ether oxygens (including phenoxy) is 1. The van der Waals surface area contributed by atoms with Crippen molar-refractivity contribution in [3.63, 3.8) is 0 Å². The van der Waals surface area contributed by atoms with Crippen LogP contribution in [0.5, 0.6) is 5.75 Å². The van der Waals surface area contributed by atoms with Crippen LogP contribution in [0.4, 0.5) is 0 Å². The van der Waals surface area contributed by atoms with E-state index in [1.807, 2.05) is 0 Å². The van der Waals surface area contributed by atoms with Gasteiger partial charge in [-0.2, -0.15) is 0 Å². The molecule has 68 valence electrons. The molecule has 1 aromatic carbocycles. The molecule has 0 saturated carbocycles. The number of benzene rings is 1. The summed E-state index contributed by atoms with van der Waals surface area (Å²) in [5.41, 5.74) is 0.178. The highest BCUT2D eigenvalue weighted by molar-refractivity contribution is 6.59. The second-order valence-electron chi connectivity index (χ2n) is 2.51. The Labute approximate surface area is 75.9 Å². The van der Waals surface area contributed by atoms with Crippen LogP contribution in [0.2, 0.25) is 0 Å². The number of hydrogen-bond donors (Lipinski definition) is 2. The minimum atomic E-state index is -1.63. The first kappa shape index (κ1) is 9.76. The van der Waals surface area contributed by atoms with Crippen molar-refractivity contribution in [3.8, 4) is 5.75 Å². The molecule has 0 amide bonds. The van der Waals surface area contributed by atoms with Crippen LogP contribution in [0, 0.1) is 0 Å². The summed E-state index contributed by atoms with van der Waals surface area (Å²) in [6.45, 7) is 1.25. The van der Waals surface area contributed by atoms with Crippen molar-refractivity contribution in [1.29, 1.82) is 0 Å². The summed E-state index contributed by atoms with van der Waals surface area (Å²) < 4.78 is 4.75. The van der Waals surface area contributed by atoms with Crippen LogP contribution in [0.15, 0.2) is 24.3 Å². The lowest BCUT2D eigenvalue weighted by atomic mass is 9.79. The quantitative estimate of drug-likeness (QED) is 0.358. The predicted octanol–water partition coefficient (Wildman–Crippen LogP) is -0.708. The number of carbonyl (C=O) groups is 1. The van der Waals surface area contributed by atoms with E-state index < -0.39 is 13.1 Å². The fourth-order valence-electron chi connectivity index (χ4n) is 0.942. The van der Waals surface area contributed by atoms with Crippen LogP contribution in [-0.2, 0) is 4.79 Å². The minimum Gasteiger partial charge on any atom is -0.427 e. The van der Waals surface area contributed by atoms with Gasteiger partial charge in [-0.1, -0.05) is 18.2 Å². The molecule has 0 aliphatic carbocycles. The van der Waals surface area contributed by atoms with Crippen molar-refractivity contribution in [2.75, 3.05) is 0 Å². The normalized spacial score (nSPS) is 9.46. The van der Waals surface area contributed by atoms with E-state index >= 15 is 0 Å². The van der Waals surface area contributed by atoms with Gasteiger partial charge in [-0.25, -0.2) is 0 Å². The Hall–Kier alpha value is -1.33. The Morgan fingerprint density at radius 2 is 2.00 bits per heavy atom. The zero-order chi connectivity index (χ0) is 9.84. The maximum Gasteiger partial charge on any atom is 0.492 e. The van der Waals surface area contributed by atoms with Gasteiger partial charge in [-0.15, -0.1) is 0 Å². The molecule has 2 N–H and O–H groups in total. The van der Waals surface area contributed by atoms with Crippen LogP contribution >= 0.6 is 0 Å². The molecule has 0 atom stereocenters. The second kappa shape index (κ2) is 4.07. The van der Waals surface area contributed by atoms with Gasteiger partial charge in [0.05, 0.1) is 0 Å². The molecular formula is C8H9BO4. The molecule has 1 aromatic rings. The van der Waals surface area contributed by atoms with E-state index in [1.54, 1.807) is 12.1 Å². The number of esters is 1. The van der Waals surface area contributed by atoms with Gasteiger partial charge in [0, 0.05) is 12.4 Å². The van der Waals surface area contributed by atoms with Gasteiger partial charge in [0.1, 0.15) is 5.75 Å². The average Bonchev–Trinajstić information content (AvgIpc) is 2.03. The van der Waals surface area contributed by atoms with Gasteiger partial charge in [0.25, 0.3) is 0 Å². The lowest BCUT2D eigenvalue weighted by Crippen LogP contribution is -2.31. The number of carbonyl (C=O) groups excluding carboxylic acids is 1. The molecule has 0 unspecified atom stereocenters. The number of rotatable bonds is 2. The smallest absolute Gasteiger partial charge is 0.427 e. The fourth-order valence-corrected chi connectivity index (χ4v) is 0.942. The van der Waals surface area contributed by atoms with E-state index in [4.69, 9.17) is 14.8 Å². The van der Waals surface area contributed by atoms with Crippen molar-refractivity contribution < 1.29 is 19.6 Å². The van der Waals surface area contributed by atoms with Gasteiger partial charge in [-0.3, -0.25) is 4.79 Å². The summed E-state index contributed by atoms with van der Waals surface area (Å²) in [5, 5.41) is 17.8. The van der Waals surface area contributed by atoms with Gasteiger partial charge in [0.15, 0.2) is 0 Å². The minimum absolute atomic E-state index is 0.171. The van der Waals surface area contributed by atoms with E-state index in [-0.39, 0.29) is 11.2 Å². The topological polar surface area (TPSA) is 66.8 Å². The Bertz CT molecular complexity index is 311. The Morgan fingerprint density at radius 3 is 2.54 bits per heavy atom. The van der Waals surface area contributed by atoms with E-state index in [0.717, 1.165) is 0 Å². The van der Waals surface area contributed by atoms with Crippen LogP contribution in [0.25, 0.3) is 0 Å². The zero-order valence-corrected chi connectivity index (χ0v) is 7.10. The average molecular weight is 180 g/mol. The summed E-state index contributed by atoms with van der Waals surface area (Å²) >= 11 is 0. The first-order valence-corrected chi connectivity index (χ1v) is 3.74. The Morgan fingerprint density at radius 1 is 1.38 bits per heavy atom. The number of hydrogen-bond acceptors (Lipinski definition) is 4. The summed E-state index contributed by atoms with van der Waals surface area (Å²) in [4.78, 5) is 10.6. The van der Waals surface area contributed by atoms with Gasteiger partial charge >= 0.3 is 13.1 Å². The van der Waals surface area contributed by atoms with Crippen molar-refractivity contribution >= 4 is 18.6 Å². The first-order valence-electron chi connectivity index (χ1n) is 3.74. The first-order chi connectivity index (χ1) is 6.11. The summed E-state index contributed by atoms with van der Waals surface area (Å²) in [5.74, 6) is -0.321. The standard InChI is InChI=1S/C8H9BO4/c1-6(10)13-8-5-3-2-4-7(8)9(11)12/h2-5,11-12H,1H3. The van der Waals surface area contributed by atoms with Crippen molar-refractivity contribution in [2.45, 2.75) is 6.92 Å².